The van der Waals surface area contributed by atoms with E-state index in [0.717, 1.165) is 22.9 Å². The third-order valence-corrected chi connectivity index (χ3v) is 13.1. The van der Waals surface area contributed by atoms with Crippen molar-refractivity contribution in [3.8, 4) is 29.3 Å². The van der Waals surface area contributed by atoms with Gasteiger partial charge in [0.25, 0.3) is 0 Å². The Morgan fingerprint density at radius 2 is 0.974 bits per heavy atom. The van der Waals surface area contributed by atoms with E-state index in [9.17, 15) is 0 Å². The van der Waals surface area contributed by atoms with Gasteiger partial charge in [-0.3, -0.25) is 0 Å². The summed E-state index contributed by atoms with van der Waals surface area (Å²) in [5.41, 5.74) is 4.27. The molecule has 0 spiro atoms. The molecule has 4 aromatic heterocycles. The summed E-state index contributed by atoms with van der Waals surface area (Å²) < 4.78 is 0. The summed E-state index contributed by atoms with van der Waals surface area (Å²) in [4.78, 5) is 10.7. The average molecular weight is 601 g/mol. The number of hydrogen-bond donors (Lipinski definition) is 0. The molecule has 0 unspecified atom stereocenters. The second-order valence-corrected chi connectivity index (χ2v) is 14.7. The zero-order chi connectivity index (χ0) is 25.3. The van der Waals surface area contributed by atoms with Crippen molar-refractivity contribution >= 4 is 80.2 Å². The molecule has 5 heterocycles. The van der Waals surface area contributed by atoms with Gasteiger partial charge in [-0.05, 0) is 82.6 Å². The van der Waals surface area contributed by atoms with Crippen LogP contribution in [0.3, 0.4) is 0 Å². The number of thioether (sulfide) groups is 2. The van der Waals surface area contributed by atoms with Crippen LogP contribution in [0.4, 0.5) is 11.4 Å². The van der Waals surface area contributed by atoms with Gasteiger partial charge in [0, 0.05) is 40.8 Å². The van der Waals surface area contributed by atoms with Crippen LogP contribution in [0, 0.1) is 0 Å². The molecule has 2 aromatic carbocycles. The van der Waals surface area contributed by atoms with E-state index in [1.165, 1.54) is 50.2 Å². The van der Waals surface area contributed by atoms with Crippen LogP contribution in [0.25, 0.3) is 29.3 Å². The number of thiophene rings is 4. The number of nitrogens with zero attached hydrogens (tertiary/aromatic N) is 2. The van der Waals surface area contributed by atoms with Gasteiger partial charge in [0.1, 0.15) is 0 Å². The molecular formula is C30H20N2S6. The first-order chi connectivity index (χ1) is 18.8. The van der Waals surface area contributed by atoms with Gasteiger partial charge in [-0.1, -0.05) is 24.3 Å². The lowest BCUT2D eigenvalue weighted by Crippen LogP contribution is -1.81. The fourth-order valence-electron chi connectivity index (χ4n) is 4.22. The van der Waals surface area contributed by atoms with E-state index in [0.29, 0.717) is 0 Å². The van der Waals surface area contributed by atoms with E-state index in [1.807, 2.05) is 81.0 Å². The molecule has 1 aliphatic heterocycles. The van der Waals surface area contributed by atoms with Crippen LogP contribution in [0.15, 0.2) is 116 Å². The van der Waals surface area contributed by atoms with Crippen molar-refractivity contribution in [1.82, 2.24) is 0 Å². The largest absolute Gasteiger partial charge is 0.151 e. The van der Waals surface area contributed by atoms with Crippen LogP contribution in [-0.2, 0) is 11.5 Å². The van der Waals surface area contributed by atoms with Gasteiger partial charge in [-0.15, -0.1) is 68.9 Å². The van der Waals surface area contributed by atoms with Gasteiger partial charge >= 0.3 is 0 Å². The molecule has 0 N–H and O–H groups in total. The molecule has 0 saturated heterocycles. The fourth-order valence-corrected chi connectivity index (χ4v) is 10.9. The summed E-state index contributed by atoms with van der Waals surface area (Å²) >= 11 is 11.2. The molecule has 0 amide bonds. The first-order valence-corrected chi connectivity index (χ1v) is 17.4. The molecule has 7 rings (SSSR count). The molecule has 1 aliphatic rings. The van der Waals surface area contributed by atoms with E-state index in [1.54, 1.807) is 0 Å². The third-order valence-electron chi connectivity index (χ3n) is 6.05. The van der Waals surface area contributed by atoms with Gasteiger partial charge < -0.3 is 0 Å². The van der Waals surface area contributed by atoms with Crippen molar-refractivity contribution in [2.45, 2.75) is 21.3 Å². The van der Waals surface area contributed by atoms with Crippen LogP contribution in [-0.4, -0.2) is 0 Å². The summed E-state index contributed by atoms with van der Waals surface area (Å²) in [5.74, 6) is 1.80. The first-order valence-electron chi connectivity index (χ1n) is 12.0. The molecule has 6 aromatic rings. The van der Waals surface area contributed by atoms with Crippen LogP contribution in [0.5, 0.6) is 0 Å². The molecule has 38 heavy (non-hydrogen) atoms. The predicted octanol–water partition coefficient (Wildman–Crippen LogP) is 12.2. The molecule has 8 bridgehead atoms. The van der Waals surface area contributed by atoms with E-state index in [-0.39, 0.29) is 0 Å². The summed E-state index contributed by atoms with van der Waals surface area (Å²) in [6, 6.07) is 30.4. The van der Waals surface area contributed by atoms with Crippen LogP contribution >= 0.6 is 68.9 Å². The maximum atomic E-state index is 4.56. The Bertz CT molecular complexity index is 1620. The highest BCUT2D eigenvalue weighted by molar-refractivity contribution is 7.99. The topological polar surface area (TPSA) is 24.7 Å². The van der Waals surface area contributed by atoms with Gasteiger partial charge in [0.15, 0.2) is 0 Å². The molecule has 0 radical (unpaired) electrons. The second-order valence-electron chi connectivity index (χ2n) is 8.67. The molecular weight excluding hydrogens is 581 g/mol. The Kier molecular flexibility index (Phi) is 7.09. The molecule has 0 fully saturated rings. The first kappa shape index (κ1) is 24.6. The molecule has 186 valence electrons. The van der Waals surface area contributed by atoms with Gasteiger partial charge in [0.2, 0.25) is 0 Å². The lowest BCUT2D eigenvalue weighted by atomic mass is 10.2. The fraction of sp³-hybridized carbons (Fsp3) is 0.0667. The molecule has 8 heteroatoms. The Hall–Kier alpha value is -2.46. The van der Waals surface area contributed by atoms with Gasteiger partial charge in [-0.2, -0.15) is 10.2 Å². The van der Waals surface area contributed by atoms with Crippen LogP contribution in [0.2, 0.25) is 0 Å². The Balaban J connectivity index is 1.28. The summed E-state index contributed by atoms with van der Waals surface area (Å²) in [7, 11) is 0. The predicted molar refractivity (Wildman–Crippen MR) is 170 cm³/mol. The highest BCUT2D eigenvalue weighted by Crippen LogP contribution is 2.47. The SMILES string of the molecule is c1cc2cc(c1)N=Nc1cccc(c1)CSc1ccsc1-c1ccc(s1)-c1ccc(s1)-c1sccc1SC2. The maximum absolute atomic E-state index is 4.56. The Morgan fingerprint density at radius 1 is 0.500 bits per heavy atom. The lowest BCUT2D eigenvalue weighted by molar-refractivity contribution is 1.21. The van der Waals surface area contributed by atoms with Crippen molar-refractivity contribution in [3.63, 3.8) is 0 Å². The molecule has 2 nitrogen and oxygen atoms in total. The minimum atomic E-state index is 0.885. The lowest BCUT2D eigenvalue weighted by Gasteiger charge is -2.05. The standard InChI is InChI=1S/C30H20N2S6/c1-3-19-15-21(5-1)31-32-22-6-2-4-20(16-22)18-36-26-12-14-34-30(26)28-10-8-24(38-28)23-7-9-27(37-23)29-25(35-17-19)11-13-33-29/h1-16H,17-18H2. The second kappa shape index (κ2) is 11.0. The molecule has 0 atom stereocenters. The van der Waals surface area contributed by atoms with Crippen molar-refractivity contribution in [3.05, 3.63) is 107 Å². The van der Waals surface area contributed by atoms with Crippen LogP contribution in [0.1, 0.15) is 11.1 Å². The minimum absolute atomic E-state index is 0.885. The monoisotopic (exact) mass is 600 g/mol. The summed E-state index contributed by atoms with van der Waals surface area (Å²) in [6.45, 7) is 0. The minimum Gasteiger partial charge on any atom is -0.151 e. The number of azo groups is 1. The van der Waals surface area contributed by atoms with Crippen molar-refractivity contribution in [1.29, 1.82) is 0 Å². The zero-order valence-electron chi connectivity index (χ0n) is 20.0. The average Bonchev–Trinajstić information content (AvgIpc) is 3.75. The van der Waals surface area contributed by atoms with E-state index < -0.39 is 0 Å². The zero-order valence-corrected chi connectivity index (χ0v) is 24.9. The number of benzene rings is 2. The quantitative estimate of drug-likeness (QED) is 0.173. The van der Waals surface area contributed by atoms with E-state index in [4.69, 9.17) is 0 Å². The summed E-state index contributed by atoms with van der Waals surface area (Å²) in [5, 5.41) is 13.5. The number of fused-ring (bicyclic) bond motifs is 13. The Labute approximate surface area is 246 Å². The smallest absolute Gasteiger partial charge is 0.0860 e. The number of hydrogen-bond acceptors (Lipinski definition) is 8. The van der Waals surface area contributed by atoms with Crippen LogP contribution < -0.4 is 0 Å². The third kappa shape index (κ3) is 5.21. The molecule has 0 saturated carbocycles. The maximum Gasteiger partial charge on any atom is 0.0860 e. The van der Waals surface area contributed by atoms with Crippen molar-refractivity contribution < 1.29 is 0 Å². The summed E-state index contributed by atoms with van der Waals surface area (Å²) in [6.07, 6.45) is 0. The highest BCUT2D eigenvalue weighted by Gasteiger charge is 2.15. The van der Waals surface area contributed by atoms with E-state index >= 15 is 0 Å². The normalized spacial score (nSPS) is 13.3. The van der Waals surface area contributed by atoms with E-state index in [2.05, 4.69) is 93.8 Å². The molecule has 0 aliphatic carbocycles. The van der Waals surface area contributed by atoms with Crippen molar-refractivity contribution in [2.24, 2.45) is 10.2 Å². The highest BCUT2D eigenvalue weighted by atomic mass is 32.2. The Morgan fingerprint density at radius 3 is 1.47 bits per heavy atom. The van der Waals surface area contributed by atoms with Crippen molar-refractivity contribution in [2.75, 3.05) is 0 Å². The number of rotatable bonds is 0. The van der Waals surface area contributed by atoms with Gasteiger partial charge in [0.05, 0.1) is 21.1 Å². The van der Waals surface area contributed by atoms with Gasteiger partial charge in [-0.25, -0.2) is 0 Å².